The van der Waals surface area contributed by atoms with Crippen molar-refractivity contribution in [3.05, 3.63) is 57.9 Å². The number of carbonyl (C=O) groups is 1. The molecule has 0 spiro atoms. The van der Waals surface area contributed by atoms with E-state index in [9.17, 15) is 4.79 Å². The number of fused-ring (bicyclic) bond motifs is 2. The number of benzene rings is 2. The first kappa shape index (κ1) is 16.2. The van der Waals surface area contributed by atoms with Crippen molar-refractivity contribution in [2.45, 2.75) is 6.42 Å². The van der Waals surface area contributed by atoms with Gasteiger partial charge in [0.2, 0.25) is 0 Å². The predicted octanol–water partition coefficient (Wildman–Crippen LogP) is 4.30. The van der Waals surface area contributed by atoms with Gasteiger partial charge in [-0.05, 0) is 41.6 Å². The van der Waals surface area contributed by atoms with E-state index >= 15 is 0 Å². The van der Waals surface area contributed by atoms with Crippen LogP contribution in [0.1, 0.15) is 15.2 Å². The number of carbonyl (C=O) groups excluding carboxylic acids is 1. The van der Waals surface area contributed by atoms with Crippen LogP contribution in [0.5, 0.6) is 11.5 Å². The van der Waals surface area contributed by atoms with Crippen molar-refractivity contribution in [3.63, 3.8) is 0 Å². The highest BCUT2D eigenvalue weighted by molar-refractivity contribution is 7.20. The minimum atomic E-state index is -0.0511. The van der Waals surface area contributed by atoms with E-state index in [0.717, 1.165) is 20.5 Å². The maximum absolute atomic E-state index is 12.3. The summed E-state index contributed by atoms with van der Waals surface area (Å²) >= 11 is 7.74. The summed E-state index contributed by atoms with van der Waals surface area (Å²) in [6.07, 6.45) is 0.674. The Kier molecular flexibility index (Phi) is 4.51. The highest BCUT2D eigenvalue weighted by Gasteiger charge is 2.17. The standard InChI is InChI=1S/C19H16ClNO3S/c20-14-9-12(10-15-18(14)24-8-7-23-15)5-6-21-19(22)17-11-13-3-1-2-4-16(13)25-17/h1-4,9-11H,5-8H2,(H,21,22). The average Bonchev–Trinajstić information content (AvgIpc) is 3.06. The van der Waals surface area contributed by atoms with Crippen LogP contribution in [0.15, 0.2) is 42.5 Å². The molecule has 0 saturated heterocycles. The quantitative estimate of drug-likeness (QED) is 0.741. The van der Waals surface area contributed by atoms with Gasteiger partial charge in [-0.2, -0.15) is 0 Å². The number of nitrogens with one attached hydrogen (secondary N) is 1. The maximum Gasteiger partial charge on any atom is 0.261 e. The number of amides is 1. The van der Waals surface area contributed by atoms with Crippen LogP contribution in [0.4, 0.5) is 0 Å². The molecule has 1 aromatic heterocycles. The maximum atomic E-state index is 12.3. The molecular formula is C19H16ClNO3S. The topological polar surface area (TPSA) is 47.6 Å². The first-order chi connectivity index (χ1) is 12.2. The normalized spacial score (nSPS) is 13.0. The largest absolute Gasteiger partial charge is 0.486 e. The van der Waals surface area contributed by atoms with E-state index < -0.39 is 0 Å². The minimum absolute atomic E-state index is 0.0511. The van der Waals surface area contributed by atoms with E-state index in [2.05, 4.69) is 5.32 Å². The second kappa shape index (κ2) is 6.94. The van der Waals surface area contributed by atoms with Crippen molar-refractivity contribution in [1.82, 2.24) is 5.32 Å². The van der Waals surface area contributed by atoms with Gasteiger partial charge in [-0.15, -0.1) is 11.3 Å². The molecule has 1 aliphatic heterocycles. The number of hydrogen-bond donors (Lipinski definition) is 1. The van der Waals surface area contributed by atoms with Crippen molar-refractivity contribution in [3.8, 4) is 11.5 Å². The van der Waals surface area contributed by atoms with Crippen molar-refractivity contribution in [1.29, 1.82) is 0 Å². The molecule has 1 aliphatic rings. The van der Waals surface area contributed by atoms with Crippen LogP contribution in [0, 0.1) is 0 Å². The zero-order chi connectivity index (χ0) is 17.2. The molecule has 3 aromatic rings. The molecule has 1 amide bonds. The molecule has 6 heteroatoms. The van der Waals surface area contributed by atoms with E-state index in [1.807, 2.05) is 42.5 Å². The van der Waals surface area contributed by atoms with Crippen LogP contribution in [0.2, 0.25) is 5.02 Å². The number of rotatable bonds is 4. The van der Waals surface area contributed by atoms with Crippen LogP contribution in [-0.4, -0.2) is 25.7 Å². The lowest BCUT2D eigenvalue weighted by Crippen LogP contribution is -2.25. The molecule has 0 fully saturated rings. The Bertz CT molecular complexity index is 905. The van der Waals surface area contributed by atoms with Crippen molar-refractivity contribution < 1.29 is 14.3 Å². The highest BCUT2D eigenvalue weighted by atomic mass is 35.5. The molecular weight excluding hydrogens is 358 g/mol. The van der Waals surface area contributed by atoms with Crippen LogP contribution in [0.3, 0.4) is 0 Å². The van der Waals surface area contributed by atoms with Crippen LogP contribution in [0.25, 0.3) is 10.1 Å². The summed E-state index contributed by atoms with van der Waals surface area (Å²) in [4.78, 5) is 13.1. The van der Waals surface area contributed by atoms with Crippen molar-refractivity contribution in [2.75, 3.05) is 19.8 Å². The fourth-order valence-corrected chi connectivity index (χ4v) is 4.08. The number of ether oxygens (including phenoxy) is 2. The lowest BCUT2D eigenvalue weighted by atomic mass is 10.1. The molecule has 4 rings (SSSR count). The Morgan fingerprint density at radius 1 is 1.16 bits per heavy atom. The molecule has 2 aromatic carbocycles. The summed E-state index contributed by atoms with van der Waals surface area (Å²) in [5.74, 6) is 1.22. The molecule has 25 heavy (non-hydrogen) atoms. The van der Waals surface area contributed by atoms with Crippen LogP contribution < -0.4 is 14.8 Å². The van der Waals surface area contributed by atoms with E-state index in [4.69, 9.17) is 21.1 Å². The monoisotopic (exact) mass is 373 g/mol. The Morgan fingerprint density at radius 2 is 2.00 bits per heavy atom. The Balaban J connectivity index is 1.40. The molecule has 0 unspecified atom stereocenters. The Hall–Kier alpha value is -2.24. The van der Waals surface area contributed by atoms with Gasteiger partial charge in [-0.1, -0.05) is 29.8 Å². The van der Waals surface area contributed by atoms with Crippen molar-refractivity contribution in [2.24, 2.45) is 0 Å². The SMILES string of the molecule is O=C(NCCc1cc(Cl)c2c(c1)OCCO2)c1cc2ccccc2s1. The van der Waals surface area contributed by atoms with Gasteiger partial charge >= 0.3 is 0 Å². The Labute approximate surface area is 154 Å². The molecule has 4 nitrogen and oxygen atoms in total. The first-order valence-corrected chi connectivity index (χ1v) is 9.25. The lowest BCUT2D eigenvalue weighted by Gasteiger charge is -2.20. The molecule has 128 valence electrons. The zero-order valence-electron chi connectivity index (χ0n) is 13.4. The summed E-state index contributed by atoms with van der Waals surface area (Å²) in [6, 6.07) is 13.7. The minimum Gasteiger partial charge on any atom is -0.486 e. The summed E-state index contributed by atoms with van der Waals surface area (Å²) < 4.78 is 12.2. The third kappa shape index (κ3) is 3.43. The van der Waals surface area contributed by atoms with Gasteiger partial charge in [0, 0.05) is 11.2 Å². The van der Waals surface area contributed by atoms with Crippen LogP contribution in [-0.2, 0) is 6.42 Å². The van der Waals surface area contributed by atoms with Gasteiger partial charge in [0.25, 0.3) is 5.91 Å². The van der Waals surface area contributed by atoms with Gasteiger partial charge < -0.3 is 14.8 Å². The molecule has 1 N–H and O–H groups in total. The molecule has 0 radical (unpaired) electrons. The predicted molar refractivity (Wildman–Crippen MR) is 100 cm³/mol. The molecule has 0 saturated carbocycles. The second-order valence-electron chi connectivity index (χ2n) is 5.76. The summed E-state index contributed by atoms with van der Waals surface area (Å²) in [5, 5.41) is 4.60. The van der Waals surface area contributed by atoms with E-state index in [-0.39, 0.29) is 5.91 Å². The molecule has 0 atom stereocenters. The summed E-state index contributed by atoms with van der Waals surface area (Å²) in [5.41, 5.74) is 1.01. The average molecular weight is 374 g/mol. The second-order valence-corrected chi connectivity index (χ2v) is 7.25. The fourth-order valence-electron chi connectivity index (χ4n) is 2.81. The fraction of sp³-hybridized carbons (Fsp3) is 0.211. The summed E-state index contributed by atoms with van der Waals surface area (Å²) in [6.45, 7) is 1.57. The number of hydrogen-bond acceptors (Lipinski definition) is 4. The summed E-state index contributed by atoms with van der Waals surface area (Å²) in [7, 11) is 0. The first-order valence-electron chi connectivity index (χ1n) is 8.05. The number of thiophene rings is 1. The molecule has 2 heterocycles. The van der Waals surface area contributed by atoms with Gasteiger partial charge in [-0.3, -0.25) is 4.79 Å². The third-order valence-corrected chi connectivity index (χ3v) is 5.40. The van der Waals surface area contributed by atoms with Gasteiger partial charge in [0.05, 0.1) is 9.90 Å². The molecule has 0 aliphatic carbocycles. The van der Waals surface area contributed by atoms with Gasteiger partial charge in [0.1, 0.15) is 13.2 Å². The highest BCUT2D eigenvalue weighted by Crippen LogP contribution is 2.38. The lowest BCUT2D eigenvalue weighted by molar-refractivity contribution is 0.0958. The van der Waals surface area contributed by atoms with E-state index in [0.29, 0.717) is 42.7 Å². The smallest absolute Gasteiger partial charge is 0.261 e. The van der Waals surface area contributed by atoms with Crippen LogP contribution >= 0.6 is 22.9 Å². The van der Waals surface area contributed by atoms with E-state index in [1.54, 1.807) is 0 Å². The molecule has 0 bridgehead atoms. The van der Waals surface area contributed by atoms with E-state index in [1.165, 1.54) is 11.3 Å². The van der Waals surface area contributed by atoms with Crippen molar-refractivity contribution >= 4 is 38.9 Å². The number of halogens is 1. The zero-order valence-corrected chi connectivity index (χ0v) is 15.0. The van der Waals surface area contributed by atoms with Gasteiger partial charge in [-0.25, -0.2) is 0 Å². The van der Waals surface area contributed by atoms with Gasteiger partial charge in [0.15, 0.2) is 11.5 Å². The Morgan fingerprint density at radius 3 is 2.88 bits per heavy atom. The third-order valence-electron chi connectivity index (χ3n) is 4.01.